The molecule has 2 aliphatic heterocycles. The van der Waals surface area contributed by atoms with E-state index in [0.717, 1.165) is 41.9 Å². The molecule has 2 aromatic carbocycles. The largest absolute Gasteiger partial charge is 0.471 e. The van der Waals surface area contributed by atoms with Crippen molar-refractivity contribution in [3.63, 3.8) is 0 Å². The first-order valence-electron chi connectivity index (χ1n) is 20.5. The van der Waals surface area contributed by atoms with Gasteiger partial charge in [-0.3, -0.25) is 9.59 Å². The van der Waals surface area contributed by atoms with Gasteiger partial charge in [-0.2, -0.15) is 13.2 Å². The van der Waals surface area contributed by atoms with Gasteiger partial charge in [0.25, 0.3) is 0 Å². The molecule has 5 atom stereocenters. The summed E-state index contributed by atoms with van der Waals surface area (Å²) in [5, 5.41) is 12.4. The van der Waals surface area contributed by atoms with Crippen LogP contribution < -0.4 is 5.32 Å². The molecule has 0 spiro atoms. The number of nitrogens with one attached hydrogen (secondary N) is 1. The van der Waals surface area contributed by atoms with E-state index in [1.54, 1.807) is 0 Å². The average molecular weight is 760 g/mol. The summed E-state index contributed by atoms with van der Waals surface area (Å²) in [6, 6.07) is 14.3. The first-order valence-corrected chi connectivity index (χ1v) is 20.5. The van der Waals surface area contributed by atoms with Crippen LogP contribution in [0.3, 0.4) is 0 Å². The molecular weight excluding hydrogens is 695 g/mol. The van der Waals surface area contributed by atoms with Gasteiger partial charge < -0.3 is 29.7 Å². The predicted octanol–water partition coefficient (Wildman–Crippen LogP) is 9.16. The van der Waals surface area contributed by atoms with Gasteiger partial charge in [0.15, 0.2) is 6.29 Å². The molecule has 2 aliphatic rings. The molecule has 54 heavy (non-hydrogen) atoms. The second-order valence-electron chi connectivity index (χ2n) is 15.3. The Bertz CT molecular complexity index is 1370. The molecule has 0 unspecified atom stereocenters. The molecule has 2 N–H and O–H groups in total. The molecule has 2 fully saturated rings. The smallest absolute Gasteiger partial charge is 0.392 e. The van der Waals surface area contributed by atoms with Gasteiger partial charge in [-0.25, -0.2) is 0 Å². The lowest BCUT2D eigenvalue weighted by molar-refractivity contribution is -0.276. The lowest BCUT2D eigenvalue weighted by Gasteiger charge is -2.43. The molecule has 2 amide bonds. The van der Waals surface area contributed by atoms with E-state index in [-0.39, 0.29) is 44.2 Å². The molecule has 2 aromatic rings. The van der Waals surface area contributed by atoms with E-state index in [1.807, 2.05) is 48.5 Å². The monoisotopic (exact) mass is 759 g/mol. The Morgan fingerprint density at radius 2 is 1.37 bits per heavy atom. The van der Waals surface area contributed by atoms with Crippen molar-refractivity contribution in [3.05, 3.63) is 70.8 Å². The van der Waals surface area contributed by atoms with Crippen LogP contribution in [0.4, 0.5) is 13.2 Å². The van der Waals surface area contributed by atoms with Gasteiger partial charge in [-0.05, 0) is 55.5 Å². The van der Waals surface area contributed by atoms with Crippen molar-refractivity contribution in [2.24, 2.45) is 5.92 Å². The molecule has 2 heterocycles. The Morgan fingerprint density at radius 3 is 1.94 bits per heavy atom. The number of carbonyl (C=O) groups excluding carboxylic acids is 2. The number of hydrogen-bond donors (Lipinski definition) is 2. The van der Waals surface area contributed by atoms with Gasteiger partial charge in [-0.15, -0.1) is 0 Å². The number of likely N-dealkylation sites (tertiary alicyclic amines) is 1. The van der Waals surface area contributed by atoms with Gasteiger partial charge >= 0.3 is 12.1 Å². The zero-order valence-electron chi connectivity index (χ0n) is 32.8. The maximum absolute atomic E-state index is 13.1. The minimum atomic E-state index is -5.01. The lowest BCUT2D eigenvalue weighted by Crippen LogP contribution is -2.50. The third kappa shape index (κ3) is 13.3. The number of unbranched alkanes of at least 4 members (excludes halogenated alkanes) is 10. The summed E-state index contributed by atoms with van der Waals surface area (Å²) in [6.07, 6.45) is 9.55. The number of rotatable bonds is 22. The molecule has 0 aromatic heterocycles. The van der Waals surface area contributed by atoms with E-state index in [0.29, 0.717) is 11.3 Å². The molecule has 0 bridgehead atoms. The average Bonchev–Trinajstić information content (AvgIpc) is 3.67. The van der Waals surface area contributed by atoms with Crippen molar-refractivity contribution >= 4 is 11.8 Å². The zero-order valence-corrected chi connectivity index (χ0v) is 32.8. The Morgan fingerprint density at radius 1 is 0.815 bits per heavy atom. The van der Waals surface area contributed by atoms with Crippen LogP contribution in [0.1, 0.15) is 145 Å². The highest BCUT2D eigenvalue weighted by Gasteiger charge is 2.47. The molecule has 302 valence electrons. The van der Waals surface area contributed by atoms with Crippen LogP contribution in [0, 0.1) is 5.92 Å². The van der Waals surface area contributed by atoms with Gasteiger partial charge in [0.1, 0.15) is 6.04 Å². The number of halogens is 3. The van der Waals surface area contributed by atoms with Crippen molar-refractivity contribution in [2.75, 3.05) is 26.2 Å². The van der Waals surface area contributed by atoms with Crippen LogP contribution in [0.5, 0.6) is 0 Å². The Hall–Kier alpha value is -2.99. The molecule has 4 rings (SSSR count). The van der Waals surface area contributed by atoms with Gasteiger partial charge in [0, 0.05) is 31.1 Å². The van der Waals surface area contributed by atoms with Crippen molar-refractivity contribution in [2.45, 2.75) is 155 Å². The first-order chi connectivity index (χ1) is 26.0. The first kappa shape index (κ1) is 43.7. The minimum absolute atomic E-state index is 0.0288. The molecule has 0 aliphatic carbocycles. The van der Waals surface area contributed by atoms with Crippen molar-refractivity contribution in [1.82, 2.24) is 15.1 Å². The number of ether oxygens (including phenoxy) is 2. The summed E-state index contributed by atoms with van der Waals surface area (Å²) < 4.78 is 52.7. The van der Waals surface area contributed by atoms with Crippen molar-refractivity contribution in [3.8, 4) is 0 Å². The number of carbonyl (C=O) groups is 2. The van der Waals surface area contributed by atoms with Crippen LogP contribution in [-0.2, 0) is 32.2 Å². The summed E-state index contributed by atoms with van der Waals surface area (Å²) in [6.45, 7) is 9.56. The van der Waals surface area contributed by atoms with Gasteiger partial charge in [0.2, 0.25) is 5.91 Å². The number of amides is 2. The maximum atomic E-state index is 13.1. The zero-order chi connectivity index (χ0) is 38.9. The van der Waals surface area contributed by atoms with E-state index in [4.69, 9.17) is 9.47 Å². The summed E-state index contributed by atoms with van der Waals surface area (Å²) >= 11 is 0. The normalized spacial score (nSPS) is 21.9. The standard InChI is InChI=1S/C43H64F3N3O5/c1-4-6-8-10-12-14-26-48(27-15-13-11-9-7-5-2)30-38-32(3)39(35-22-20-34(31-50)21-23-35)54-41(53-38)36-24-18-33(19-25-36)29-47-40(51)37-17-16-28-49(37)42(52)43(44,45)46/h18-25,32,37-39,41,50H,4-17,26-31H2,1-3H3,(H,47,51)/t32-,37-,38+,39+,41+/m0/s1. The number of aliphatic hydroxyl groups is 1. The quantitative estimate of drug-likeness (QED) is 0.116. The highest BCUT2D eigenvalue weighted by molar-refractivity contribution is 5.90. The number of aliphatic hydroxyl groups excluding tert-OH is 1. The lowest BCUT2D eigenvalue weighted by atomic mass is 9.90. The Labute approximate surface area is 321 Å². The molecular formula is C43H64F3N3O5. The number of nitrogens with zero attached hydrogens (tertiary/aromatic N) is 2. The topological polar surface area (TPSA) is 91.3 Å². The van der Waals surface area contributed by atoms with E-state index < -0.39 is 30.3 Å². The van der Waals surface area contributed by atoms with Crippen molar-refractivity contribution in [1.29, 1.82) is 0 Å². The van der Waals surface area contributed by atoms with Crippen LogP contribution >= 0.6 is 0 Å². The molecule has 0 saturated carbocycles. The van der Waals surface area contributed by atoms with Crippen LogP contribution in [0.25, 0.3) is 0 Å². The highest BCUT2D eigenvalue weighted by atomic mass is 19.4. The number of benzene rings is 2. The molecule has 2 saturated heterocycles. The fourth-order valence-electron chi connectivity index (χ4n) is 7.65. The molecule has 8 nitrogen and oxygen atoms in total. The van der Waals surface area contributed by atoms with E-state index >= 15 is 0 Å². The summed E-state index contributed by atoms with van der Waals surface area (Å²) in [7, 11) is 0. The van der Waals surface area contributed by atoms with E-state index in [9.17, 15) is 27.9 Å². The summed E-state index contributed by atoms with van der Waals surface area (Å²) in [5.74, 6) is -2.50. The molecule has 11 heteroatoms. The fraction of sp³-hybridized carbons (Fsp3) is 0.674. The van der Waals surface area contributed by atoms with E-state index in [2.05, 4.69) is 31.0 Å². The SMILES string of the molecule is CCCCCCCCN(CCCCCCCC)C[C@H]1O[C@@H](c2ccc(CNC(=O)[C@@H]3CCCN3C(=O)C(F)(F)F)cc2)O[C@@H](c2ccc(CO)cc2)[C@H]1C. The second kappa shape index (κ2) is 22.5. The van der Waals surface area contributed by atoms with Gasteiger partial charge in [0.05, 0.1) is 18.8 Å². The third-order valence-electron chi connectivity index (χ3n) is 11.0. The minimum Gasteiger partial charge on any atom is -0.392 e. The van der Waals surface area contributed by atoms with E-state index in [1.165, 1.54) is 77.0 Å². The Kier molecular flexibility index (Phi) is 18.3. The van der Waals surface area contributed by atoms with Crippen LogP contribution in [-0.4, -0.2) is 71.2 Å². The number of hydrogen-bond acceptors (Lipinski definition) is 6. The molecule has 0 radical (unpaired) electrons. The van der Waals surface area contributed by atoms with Crippen molar-refractivity contribution < 1.29 is 37.3 Å². The summed E-state index contributed by atoms with van der Waals surface area (Å²) in [4.78, 5) is 27.9. The number of alkyl halides is 3. The summed E-state index contributed by atoms with van der Waals surface area (Å²) in [5.41, 5.74) is 3.46. The van der Waals surface area contributed by atoms with Gasteiger partial charge in [-0.1, -0.05) is 134 Å². The second-order valence-corrected chi connectivity index (χ2v) is 15.3. The Balaban J connectivity index is 1.45. The maximum Gasteiger partial charge on any atom is 0.471 e. The predicted molar refractivity (Wildman–Crippen MR) is 205 cm³/mol. The fourth-order valence-corrected chi connectivity index (χ4v) is 7.65. The third-order valence-corrected chi connectivity index (χ3v) is 11.0. The van der Waals surface area contributed by atoms with Crippen LogP contribution in [0.2, 0.25) is 0 Å². The van der Waals surface area contributed by atoms with Crippen LogP contribution in [0.15, 0.2) is 48.5 Å². The highest BCUT2D eigenvalue weighted by Crippen LogP contribution is 2.42.